The summed E-state index contributed by atoms with van der Waals surface area (Å²) in [7, 11) is -2.37. The second-order valence-corrected chi connectivity index (χ2v) is 11.1. The van der Waals surface area contributed by atoms with Gasteiger partial charge in [0.2, 0.25) is 21.8 Å². The first-order valence-corrected chi connectivity index (χ1v) is 14.3. The Bertz CT molecular complexity index is 1120. The first-order valence-electron chi connectivity index (χ1n) is 12.5. The standard InChI is InChI=1S/C27H37N3O5S/c1-4-23(27(32)28-22-15-9-6-10-16-22)29(19-21-13-7-5-8-14-21)26(31)20-30(36(3,33)34)24-17-11-12-18-25(24)35-2/h5,7-8,11-14,17-18,22-23H,4,6,9-10,15-16,19-20H2,1-3H3,(H,28,32)/t23-/m1/s1. The first kappa shape index (κ1) is 27.5. The maximum atomic E-state index is 13.8. The maximum absolute atomic E-state index is 13.8. The molecule has 0 bridgehead atoms. The van der Waals surface area contributed by atoms with Gasteiger partial charge >= 0.3 is 0 Å². The smallest absolute Gasteiger partial charge is 0.244 e. The predicted octanol–water partition coefficient (Wildman–Crippen LogP) is 3.72. The van der Waals surface area contributed by atoms with Crippen molar-refractivity contribution in [3.63, 3.8) is 0 Å². The molecule has 8 nitrogen and oxygen atoms in total. The van der Waals surface area contributed by atoms with Crippen LogP contribution in [0.3, 0.4) is 0 Å². The number of anilines is 1. The van der Waals surface area contributed by atoms with E-state index in [4.69, 9.17) is 4.74 Å². The Morgan fingerprint density at radius 1 is 1.03 bits per heavy atom. The molecule has 1 aliphatic rings. The van der Waals surface area contributed by atoms with Crippen LogP contribution >= 0.6 is 0 Å². The number of methoxy groups -OCH3 is 1. The van der Waals surface area contributed by atoms with Gasteiger partial charge in [-0.05, 0) is 37.0 Å². The van der Waals surface area contributed by atoms with Gasteiger partial charge in [-0.1, -0.05) is 68.7 Å². The molecule has 0 unspecified atom stereocenters. The molecule has 1 N–H and O–H groups in total. The Balaban J connectivity index is 1.91. The predicted molar refractivity (Wildman–Crippen MR) is 141 cm³/mol. The normalized spacial score (nSPS) is 15.1. The van der Waals surface area contributed by atoms with Gasteiger partial charge in [-0.25, -0.2) is 8.42 Å². The van der Waals surface area contributed by atoms with Crippen molar-refractivity contribution in [1.82, 2.24) is 10.2 Å². The molecule has 0 spiro atoms. The minimum absolute atomic E-state index is 0.107. The second-order valence-electron chi connectivity index (χ2n) is 9.22. The fourth-order valence-electron chi connectivity index (χ4n) is 4.67. The van der Waals surface area contributed by atoms with E-state index < -0.39 is 28.5 Å². The van der Waals surface area contributed by atoms with Crippen molar-refractivity contribution in [2.24, 2.45) is 0 Å². The summed E-state index contributed by atoms with van der Waals surface area (Å²) < 4.78 is 31.9. The second kappa shape index (κ2) is 12.8. The number of nitrogens with one attached hydrogen (secondary N) is 1. The molecule has 0 heterocycles. The van der Waals surface area contributed by atoms with Crippen molar-refractivity contribution >= 4 is 27.5 Å². The third-order valence-electron chi connectivity index (χ3n) is 6.57. The van der Waals surface area contributed by atoms with Crippen molar-refractivity contribution in [3.8, 4) is 5.75 Å². The summed E-state index contributed by atoms with van der Waals surface area (Å²) in [6.45, 7) is 1.62. The average Bonchev–Trinajstić information content (AvgIpc) is 2.87. The molecule has 36 heavy (non-hydrogen) atoms. The number of benzene rings is 2. The van der Waals surface area contributed by atoms with Crippen LogP contribution in [0.2, 0.25) is 0 Å². The number of hydrogen-bond acceptors (Lipinski definition) is 5. The molecule has 2 aromatic rings. The Kier molecular flexibility index (Phi) is 9.75. The van der Waals surface area contributed by atoms with Crippen molar-refractivity contribution in [3.05, 3.63) is 60.2 Å². The quantitative estimate of drug-likeness (QED) is 0.492. The third kappa shape index (κ3) is 7.22. The van der Waals surface area contributed by atoms with Gasteiger partial charge in [0.05, 0.1) is 19.1 Å². The van der Waals surface area contributed by atoms with Gasteiger partial charge < -0.3 is 15.0 Å². The number of ether oxygens (including phenoxy) is 1. The fourth-order valence-corrected chi connectivity index (χ4v) is 5.53. The number of rotatable bonds is 11. The average molecular weight is 516 g/mol. The topological polar surface area (TPSA) is 96.0 Å². The van der Waals surface area contributed by atoms with Gasteiger partial charge in [0.25, 0.3) is 0 Å². The van der Waals surface area contributed by atoms with Crippen LogP contribution in [0.5, 0.6) is 5.75 Å². The van der Waals surface area contributed by atoms with Gasteiger partial charge in [0.1, 0.15) is 18.3 Å². The number of nitrogens with zero attached hydrogens (tertiary/aromatic N) is 2. The lowest BCUT2D eigenvalue weighted by molar-refractivity contribution is -0.140. The summed E-state index contributed by atoms with van der Waals surface area (Å²) in [6.07, 6.45) is 6.67. The number of carbonyl (C=O) groups is 2. The highest BCUT2D eigenvalue weighted by Crippen LogP contribution is 2.30. The molecular weight excluding hydrogens is 478 g/mol. The van der Waals surface area contributed by atoms with Crippen LogP contribution in [0, 0.1) is 0 Å². The Labute approximate surface area is 214 Å². The molecule has 1 fully saturated rings. The zero-order valence-corrected chi connectivity index (χ0v) is 22.2. The van der Waals surface area contributed by atoms with E-state index in [0.717, 1.165) is 41.8 Å². The molecule has 0 aromatic heterocycles. The lowest BCUT2D eigenvalue weighted by Crippen LogP contribution is -2.54. The first-order chi connectivity index (χ1) is 17.2. The molecule has 1 aliphatic carbocycles. The summed E-state index contributed by atoms with van der Waals surface area (Å²) >= 11 is 0. The maximum Gasteiger partial charge on any atom is 0.244 e. The summed E-state index contributed by atoms with van der Waals surface area (Å²) in [5.41, 5.74) is 1.13. The van der Waals surface area contributed by atoms with Crippen molar-refractivity contribution in [1.29, 1.82) is 0 Å². The van der Waals surface area contributed by atoms with Gasteiger partial charge in [-0.3, -0.25) is 13.9 Å². The van der Waals surface area contributed by atoms with Crippen LogP contribution in [-0.4, -0.2) is 57.1 Å². The number of amides is 2. The molecule has 0 aliphatic heterocycles. The molecule has 0 saturated heterocycles. The monoisotopic (exact) mass is 515 g/mol. The van der Waals surface area contributed by atoms with Crippen LogP contribution in [-0.2, 0) is 26.2 Å². The lowest BCUT2D eigenvalue weighted by atomic mass is 9.95. The Morgan fingerprint density at radius 3 is 2.28 bits per heavy atom. The van der Waals surface area contributed by atoms with Crippen LogP contribution in [0.1, 0.15) is 51.0 Å². The van der Waals surface area contributed by atoms with E-state index in [2.05, 4.69) is 5.32 Å². The van der Waals surface area contributed by atoms with Crippen molar-refractivity contribution < 1.29 is 22.7 Å². The van der Waals surface area contributed by atoms with E-state index in [1.807, 2.05) is 37.3 Å². The molecule has 9 heteroatoms. The van der Waals surface area contributed by atoms with Crippen LogP contribution in [0.15, 0.2) is 54.6 Å². The largest absolute Gasteiger partial charge is 0.495 e. The van der Waals surface area contributed by atoms with E-state index in [1.165, 1.54) is 18.4 Å². The zero-order valence-electron chi connectivity index (χ0n) is 21.4. The van der Waals surface area contributed by atoms with Gasteiger partial charge in [-0.15, -0.1) is 0 Å². The van der Waals surface area contributed by atoms with E-state index in [0.29, 0.717) is 12.2 Å². The SMILES string of the molecule is CC[C@H](C(=O)NC1CCCCC1)N(Cc1ccccc1)C(=O)CN(c1ccccc1OC)S(C)(=O)=O. The van der Waals surface area contributed by atoms with E-state index >= 15 is 0 Å². The Hall–Kier alpha value is -3.07. The number of para-hydroxylation sites is 2. The minimum Gasteiger partial charge on any atom is -0.495 e. The van der Waals surface area contributed by atoms with Crippen molar-refractivity contribution in [2.45, 2.75) is 64.1 Å². The van der Waals surface area contributed by atoms with Gasteiger partial charge in [-0.2, -0.15) is 0 Å². The molecule has 0 radical (unpaired) electrons. The molecular formula is C27H37N3O5S. The van der Waals surface area contributed by atoms with Crippen LogP contribution in [0.4, 0.5) is 5.69 Å². The van der Waals surface area contributed by atoms with E-state index in [1.54, 1.807) is 24.3 Å². The van der Waals surface area contributed by atoms with E-state index in [-0.39, 0.29) is 24.2 Å². The van der Waals surface area contributed by atoms with E-state index in [9.17, 15) is 18.0 Å². The highest BCUT2D eigenvalue weighted by Gasteiger charge is 2.33. The summed E-state index contributed by atoms with van der Waals surface area (Å²) in [6, 6.07) is 15.5. The molecule has 2 amide bonds. The zero-order chi connectivity index (χ0) is 26.1. The lowest BCUT2D eigenvalue weighted by Gasteiger charge is -2.34. The third-order valence-corrected chi connectivity index (χ3v) is 7.69. The number of sulfonamides is 1. The molecule has 2 aromatic carbocycles. The summed E-state index contributed by atoms with van der Waals surface area (Å²) in [5.74, 6) is -0.315. The van der Waals surface area contributed by atoms with Crippen molar-refractivity contribution in [2.75, 3.05) is 24.2 Å². The van der Waals surface area contributed by atoms with Crippen LogP contribution < -0.4 is 14.4 Å². The number of hydrogen-bond donors (Lipinski definition) is 1. The van der Waals surface area contributed by atoms with Gasteiger partial charge in [0, 0.05) is 12.6 Å². The molecule has 3 rings (SSSR count). The summed E-state index contributed by atoms with van der Waals surface area (Å²) in [4.78, 5) is 28.6. The molecule has 1 saturated carbocycles. The molecule has 196 valence electrons. The minimum atomic E-state index is -3.82. The number of carbonyl (C=O) groups excluding carboxylic acids is 2. The fraction of sp³-hybridized carbons (Fsp3) is 0.481. The highest BCUT2D eigenvalue weighted by molar-refractivity contribution is 7.92. The summed E-state index contributed by atoms with van der Waals surface area (Å²) in [5, 5.41) is 3.14. The van der Waals surface area contributed by atoms with Crippen LogP contribution in [0.25, 0.3) is 0 Å². The highest BCUT2D eigenvalue weighted by atomic mass is 32.2. The molecule has 1 atom stereocenters. The Morgan fingerprint density at radius 2 is 1.67 bits per heavy atom. The van der Waals surface area contributed by atoms with Gasteiger partial charge in [0.15, 0.2) is 0 Å².